The van der Waals surface area contributed by atoms with Crippen LogP contribution in [0.25, 0.3) is 10.9 Å². The van der Waals surface area contributed by atoms with Gasteiger partial charge in [-0.15, -0.1) is 0 Å². The molecule has 2 heterocycles. The van der Waals surface area contributed by atoms with Gasteiger partial charge in [0.1, 0.15) is 12.4 Å². The Hall–Kier alpha value is -2.43. The van der Waals surface area contributed by atoms with Crippen molar-refractivity contribution in [2.75, 3.05) is 26.2 Å². The number of aliphatic hydroxyl groups excluding tert-OH is 1. The second-order valence-electron chi connectivity index (χ2n) is 7.60. The summed E-state index contributed by atoms with van der Waals surface area (Å²) in [7, 11) is 0. The Morgan fingerprint density at radius 3 is 2.75 bits per heavy atom. The number of nitrogens with zero attached hydrogens (tertiary/aromatic N) is 2. The highest BCUT2D eigenvalue weighted by Crippen LogP contribution is 2.23. The number of aryl methyl sites for hydroxylation is 1. The highest BCUT2D eigenvalue weighted by Gasteiger charge is 2.31. The van der Waals surface area contributed by atoms with Crippen LogP contribution < -0.4 is 4.74 Å². The van der Waals surface area contributed by atoms with Crippen LogP contribution in [0.1, 0.15) is 18.2 Å². The van der Waals surface area contributed by atoms with Gasteiger partial charge in [-0.3, -0.25) is 9.88 Å². The fourth-order valence-corrected chi connectivity index (χ4v) is 4.04. The van der Waals surface area contributed by atoms with Gasteiger partial charge >= 0.3 is 0 Å². The second-order valence-corrected chi connectivity index (χ2v) is 7.60. The van der Waals surface area contributed by atoms with Crippen molar-refractivity contribution >= 4 is 10.9 Å². The fourth-order valence-electron chi connectivity index (χ4n) is 4.04. The van der Waals surface area contributed by atoms with Crippen molar-refractivity contribution in [2.45, 2.75) is 25.9 Å². The summed E-state index contributed by atoms with van der Waals surface area (Å²) in [6.07, 6.45) is 1.47. The number of likely N-dealkylation sites (tertiary alicyclic amines) is 1. The third kappa shape index (κ3) is 4.34. The first-order valence-corrected chi connectivity index (χ1v) is 10.2. The lowest BCUT2D eigenvalue weighted by molar-refractivity contribution is 0.139. The highest BCUT2D eigenvalue weighted by atomic mass is 16.5. The molecule has 0 amide bonds. The Morgan fingerprint density at radius 2 is 1.86 bits per heavy atom. The van der Waals surface area contributed by atoms with E-state index in [-0.39, 0.29) is 12.0 Å². The van der Waals surface area contributed by atoms with Gasteiger partial charge in [0.2, 0.25) is 0 Å². The van der Waals surface area contributed by atoms with Gasteiger partial charge in [0.05, 0.1) is 11.6 Å². The third-order valence-corrected chi connectivity index (χ3v) is 5.63. The number of rotatable bonds is 7. The molecular weight excluding hydrogens is 348 g/mol. The van der Waals surface area contributed by atoms with Crippen molar-refractivity contribution < 1.29 is 9.84 Å². The molecule has 28 heavy (non-hydrogen) atoms. The average molecular weight is 376 g/mol. The van der Waals surface area contributed by atoms with Crippen molar-refractivity contribution in [1.29, 1.82) is 0 Å². The van der Waals surface area contributed by atoms with E-state index in [2.05, 4.69) is 36.1 Å². The Kier molecular flexibility index (Phi) is 5.89. The lowest BCUT2D eigenvalue weighted by Gasteiger charge is -2.17. The predicted octanol–water partition coefficient (Wildman–Crippen LogP) is 3.71. The molecule has 0 aliphatic carbocycles. The van der Waals surface area contributed by atoms with E-state index in [1.807, 2.05) is 36.4 Å². The van der Waals surface area contributed by atoms with E-state index in [4.69, 9.17) is 9.72 Å². The first-order chi connectivity index (χ1) is 13.7. The zero-order valence-electron chi connectivity index (χ0n) is 16.4. The molecule has 1 fully saturated rings. The van der Waals surface area contributed by atoms with Crippen molar-refractivity contribution in [3.05, 3.63) is 71.9 Å². The summed E-state index contributed by atoms with van der Waals surface area (Å²) in [6, 6.07) is 20.6. The monoisotopic (exact) mass is 376 g/mol. The number of para-hydroxylation sites is 2. The lowest BCUT2D eigenvalue weighted by atomic mass is 9.99. The van der Waals surface area contributed by atoms with Gasteiger partial charge in [-0.2, -0.15) is 0 Å². The van der Waals surface area contributed by atoms with Crippen LogP contribution in [0, 0.1) is 5.92 Å². The van der Waals surface area contributed by atoms with E-state index < -0.39 is 0 Å². The van der Waals surface area contributed by atoms with Crippen LogP contribution in [0.5, 0.6) is 5.75 Å². The first kappa shape index (κ1) is 18.9. The highest BCUT2D eigenvalue weighted by molar-refractivity contribution is 5.78. The number of hydrogen-bond acceptors (Lipinski definition) is 4. The van der Waals surface area contributed by atoms with Crippen molar-refractivity contribution in [1.82, 2.24) is 9.88 Å². The minimum Gasteiger partial charge on any atom is -0.492 e. The van der Waals surface area contributed by atoms with Crippen LogP contribution >= 0.6 is 0 Å². The Bertz CT molecular complexity index is 927. The molecule has 2 atom stereocenters. The standard InChI is InChI=1S/C24H28N2O2/c1-2-18-7-4-6-10-24(18)28-14-13-26-16-20(23(27)17-26)15-21-12-11-19-8-3-5-9-22(19)25-21/h3-12,20,23,27H,2,13-17H2,1H3/t20-,23-/m1/s1. The molecule has 0 bridgehead atoms. The first-order valence-electron chi connectivity index (χ1n) is 10.2. The molecule has 0 unspecified atom stereocenters. The topological polar surface area (TPSA) is 45.6 Å². The molecule has 1 N–H and O–H groups in total. The van der Waals surface area contributed by atoms with Crippen molar-refractivity contribution in [3.63, 3.8) is 0 Å². The lowest BCUT2D eigenvalue weighted by Crippen LogP contribution is -2.27. The number of ether oxygens (including phenoxy) is 1. The Balaban J connectivity index is 1.31. The zero-order valence-corrected chi connectivity index (χ0v) is 16.4. The number of β-amino-alcohol motifs (C(OH)–C–C–N with tert-alkyl or cyclic N) is 1. The summed E-state index contributed by atoms with van der Waals surface area (Å²) >= 11 is 0. The predicted molar refractivity (Wildman–Crippen MR) is 113 cm³/mol. The van der Waals surface area contributed by atoms with Crippen LogP contribution in [-0.4, -0.2) is 47.3 Å². The third-order valence-electron chi connectivity index (χ3n) is 5.63. The summed E-state index contributed by atoms with van der Waals surface area (Å²) in [6.45, 7) is 5.21. The van der Waals surface area contributed by atoms with Crippen LogP contribution in [0.15, 0.2) is 60.7 Å². The molecule has 4 rings (SSSR count). The smallest absolute Gasteiger partial charge is 0.122 e. The second kappa shape index (κ2) is 8.72. The largest absolute Gasteiger partial charge is 0.492 e. The summed E-state index contributed by atoms with van der Waals surface area (Å²) in [4.78, 5) is 7.06. The van der Waals surface area contributed by atoms with Gasteiger partial charge in [0, 0.05) is 36.6 Å². The van der Waals surface area contributed by atoms with Gasteiger partial charge in [0.25, 0.3) is 0 Å². The molecule has 146 valence electrons. The molecular formula is C24H28N2O2. The van der Waals surface area contributed by atoms with Gasteiger partial charge in [-0.25, -0.2) is 0 Å². The number of aliphatic hydroxyl groups is 1. The van der Waals surface area contributed by atoms with Crippen LogP contribution in [0.4, 0.5) is 0 Å². The molecule has 4 nitrogen and oxygen atoms in total. The van der Waals surface area contributed by atoms with Crippen LogP contribution in [0.2, 0.25) is 0 Å². The molecule has 2 aromatic carbocycles. The van der Waals surface area contributed by atoms with Gasteiger partial charge in [-0.1, -0.05) is 49.4 Å². The normalized spacial score (nSPS) is 19.9. The number of fused-ring (bicyclic) bond motifs is 1. The van der Waals surface area contributed by atoms with Crippen molar-refractivity contribution in [2.24, 2.45) is 5.92 Å². The molecule has 0 spiro atoms. The number of pyridine rings is 1. The molecule has 4 heteroatoms. The number of aromatic nitrogens is 1. The summed E-state index contributed by atoms with van der Waals surface area (Å²) in [5.41, 5.74) is 3.31. The maximum Gasteiger partial charge on any atom is 0.122 e. The Morgan fingerprint density at radius 1 is 1.04 bits per heavy atom. The van der Waals surface area contributed by atoms with Crippen LogP contribution in [-0.2, 0) is 12.8 Å². The molecule has 3 aromatic rings. The van der Waals surface area contributed by atoms with E-state index in [0.29, 0.717) is 13.2 Å². The molecule has 0 saturated carbocycles. The SMILES string of the molecule is CCc1ccccc1OCCN1C[C@@H](Cc2ccc3ccccc3n2)[C@H](O)C1. The van der Waals surface area contributed by atoms with Gasteiger partial charge < -0.3 is 9.84 Å². The maximum atomic E-state index is 10.5. The number of hydrogen-bond donors (Lipinski definition) is 1. The molecule has 0 radical (unpaired) electrons. The molecule has 1 aliphatic heterocycles. The van der Waals surface area contributed by atoms with Gasteiger partial charge in [0.15, 0.2) is 0 Å². The summed E-state index contributed by atoms with van der Waals surface area (Å²) < 4.78 is 5.99. The van der Waals surface area contributed by atoms with Gasteiger partial charge in [-0.05, 0) is 36.6 Å². The minimum atomic E-state index is -0.309. The Labute approximate surface area is 166 Å². The minimum absolute atomic E-state index is 0.219. The molecule has 1 aromatic heterocycles. The van der Waals surface area contributed by atoms with E-state index in [1.54, 1.807) is 0 Å². The van der Waals surface area contributed by atoms with Crippen LogP contribution in [0.3, 0.4) is 0 Å². The van der Waals surface area contributed by atoms with E-state index in [0.717, 1.165) is 48.3 Å². The quantitative estimate of drug-likeness (QED) is 0.683. The van der Waals surface area contributed by atoms with Crippen molar-refractivity contribution in [3.8, 4) is 5.75 Å². The zero-order chi connectivity index (χ0) is 19.3. The summed E-state index contributed by atoms with van der Waals surface area (Å²) in [5.74, 6) is 1.19. The molecule has 1 saturated heterocycles. The number of benzene rings is 2. The van der Waals surface area contributed by atoms with E-state index in [1.165, 1.54) is 5.56 Å². The van der Waals surface area contributed by atoms with E-state index in [9.17, 15) is 5.11 Å². The summed E-state index contributed by atoms with van der Waals surface area (Å²) in [5, 5.41) is 11.7. The fraction of sp³-hybridized carbons (Fsp3) is 0.375. The molecule has 1 aliphatic rings. The average Bonchev–Trinajstić information content (AvgIpc) is 3.07. The maximum absolute atomic E-state index is 10.5. The van der Waals surface area contributed by atoms with E-state index >= 15 is 0 Å².